The number of hydrogen-bond acceptors (Lipinski definition) is 3. The number of rotatable bonds is 3. The van der Waals surface area contributed by atoms with Crippen LogP contribution in [0, 0.1) is 5.92 Å². The zero-order chi connectivity index (χ0) is 8.43. The van der Waals surface area contributed by atoms with Crippen molar-refractivity contribution in [3.63, 3.8) is 0 Å². The lowest BCUT2D eigenvalue weighted by molar-refractivity contribution is -0.184. The maximum atomic E-state index is 10.9. The SMILES string of the molecule is CCC1OC(=O)C1CN(C)I. The average molecular weight is 269 g/mol. The number of carbonyl (C=O) groups is 1. The summed E-state index contributed by atoms with van der Waals surface area (Å²) in [4.78, 5) is 10.9. The fourth-order valence-corrected chi connectivity index (χ4v) is 1.65. The van der Waals surface area contributed by atoms with Gasteiger partial charge < -0.3 is 4.74 Å². The van der Waals surface area contributed by atoms with Crippen molar-refractivity contribution in [2.75, 3.05) is 13.6 Å². The van der Waals surface area contributed by atoms with Crippen LogP contribution in [-0.2, 0) is 9.53 Å². The third-order valence-corrected chi connectivity index (χ3v) is 2.26. The molecule has 0 aliphatic carbocycles. The first-order chi connectivity index (χ1) is 5.15. The first-order valence-electron chi connectivity index (χ1n) is 3.72. The van der Waals surface area contributed by atoms with E-state index in [2.05, 4.69) is 22.9 Å². The van der Waals surface area contributed by atoms with Crippen molar-refractivity contribution in [2.45, 2.75) is 19.4 Å². The normalized spacial score (nSPS) is 30.0. The molecule has 2 atom stereocenters. The fraction of sp³-hybridized carbons (Fsp3) is 0.857. The van der Waals surface area contributed by atoms with Gasteiger partial charge in [0.25, 0.3) is 0 Å². The van der Waals surface area contributed by atoms with Crippen LogP contribution in [0.15, 0.2) is 0 Å². The molecule has 0 radical (unpaired) electrons. The van der Waals surface area contributed by atoms with Gasteiger partial charge in [-0.15, -0.1) is 0 Å². The largest absolute Gasteiger partial charge is 0.461 e. The lowest BCUT2D eigenvalue weighted by Crippen LogP contribution is -2.48. The van der Waals surface area contributed by atoms with Crippen LogP contribution in [0.4, 0.5) is 0 Å². The fourth-order valence-electron chi connectivity index (χ4n) is 1.23. The highest BCUT2D eigenvalue weighted by Crippen LogP contribution is 2.26. The predicted octanol–water partition coefficient (Wildman–Crippen LogP) is 1.22. The lowest BCUT2D eigenvalue weighted by Gasteiger charge is -2.35. The summed E-state index contributed by atoms with van der Waals surface area (Å²) in [7, 11) is 1.96. The van der Waals surface area contributed by atoms with Gasteiger partial charge in [0.05, 0.1) is 0 Å². The molecule has 64 valence electrons. The third-order valence-electron chi connectivity index (χ3n) is 1.87. The quantitative estimate of drug-likeness (QED) is 0.438. The van der Waals surface area contributed by atoms with Gasteiger partial charge in [-0.2, -0.15) is 0 Å². The molecule has 1 saturated heterocycles. The molecule has 1 rings (SSSR count). The van der Waals surface area contributed by atoms with E-state index in [1.807, 2.05) is 17.1 Å². The minimum atomic E-state index is -0.0413. The minimum Gasteiger partial charge on any atom is -0.461 e. The highest BCUT2D eigenvalue weighted by Gasteiger charge is 2.41. The second-order valence-corrected chi connectivity index (χ2v) is 4.42. The van der Waals surface area contributed by atoms with E-state index in [1.165, 1.54) is 0 Å². The zero-order valence-electron chi connectivity index (χ0n) is 6.71. The van der Waals surface area contributed by atoms with Gasteiger partial charge in [-0.3, -0.25) is 4.79 Å². The summed E-state index contributed by atoms with van der Waals surface area (Å²) in [5, 5.41) is 0. The van der Waals surface area contributed by atoms with Crippen LogP contribution in [-0.4, -0.2) is 28.8 Å². The summed E-state index contributed by atoms with van der Waals surface area (Å²) in [6.07, 6.45) is 1.10. The number of carbonyl (C=O) groups excluding carboxylic acids is 1. The summed E-state index contributed by atoms with van der Waals surface area (Å²) in [6.45, 7) is 2.84. The molecule has 1 aliphatic rings. The van der Waals surface area contributed by atoms with E-state index in [0.717, 1.165) is 13.0 Å². The second kappa shape index (κ2) is 3.71. The van der Waals surface area contributed by atoms with Crippen LogP contribution in [0.1, 0.15) is 13.3 Å². The molecule has 1 heterocycles. The van der Waals surface area contributed by atoms with Crippen molar-refractivity contribution in [1.29, 1.82) is 0 Å². The van der Waals surface area contributed by atoms with Gasteiger partial charge in [-0.05, 0) is 13.5 Å². The second-order valence-electron chi connectivity index (χ2n) is 2.78. The molecule has 11 heavy (non-hydrogen) atoms. The van der Waals surface area contributed by atoms with Crippen molar-refractivity contribution in [2.24, 2.45) is 5.92 Å². The Morgan fingerprint density at radius 3 is 2.73 bits per heavy atom. The van der Waals surface area contributed by atoms with Crippen molar-refractivity contribution in [3.05, 3.63) is 0 Å². The minimum absolute atomic E-state index is 0.0413. The van der Waals surface area contributed by atoms with Gasteiger partial charge in [0, 0.05) is 29.4 Å². The molecule has 4 heteroatoms. The van der Waals surface area contributed by atoms with Crippen LogP contribution < -0.4 is 0 Å². The van der Waals surface area contributed by atoms with E-state index in [-0.39, 0.29) is 18.0 Å². The van der Waals surface area contributed by atoms with Crippen LogP contribution >= 0.6 is 22.9 Å². The zero-order valence-corrected chi connectivity index (χ0v) is 8.87. The number of halogens is 1. The van der Waals surface area contributed by atoms with Gasteiger partial charge in [0.1, 0.15) is 12.0 Å². The maximum Gasteiger partial charge on any atom is 0.314 e. The molecule has 0 spiro atoms. The molecule has 0 N–H and O–H groups in total. The highest BCUT2D eigenvalue weighted by atomic mass is 127. The molecule has 3 nitrogen and oxygen atoms in total. The number of hydrogen-bond donors (Lipinski definition) is 0. The Labute approximate surface area is 80.6 Å². The number of esters is 1. The monoisotopic (exact) mass is 269 g/mol. The number of ether oxygens (including phenoxy) is 1. The first-order valence-corrected chi connectivity index (χ1v) is 4.69. The molecule has 0 aromatic carbocycles. The summed E-state index contributed by atoms with van der Waals surface area (Å²) in [5.41, 5.74) is 0. The number of cyclic esters (lactones) is 1. The molecule has 2 unspecified atom stereocenters. The highest BCUT2D eigenvalue weighted by molar-refractivity contribution is 14.1. The Morgan fingerprint density at radius 2 is 2.36 bits per heavy atom. The molecule has 1 fully saturated rings. The predicted molar refractivity (Wildman–Crippen MR) is 50.3 cm³/mol. The molecule has 0 bridgehead atoms. The van der Waals surface area contributed by atoms with Crippen LogP contribution in [0.5, 0.6) is 0 Å². The van der Waals surface area contributed by atoms with Gasteiger partial charge in [-0.25, -0.2) is 3.11 Å². The molecular formula is C7H12INO2. The first kappa shape index (κ1) is 9.25. The third kappa shape index (κ3) is 2.05. The van der Waals surface area contributed by atoms with Crippen LogP contribution in [0.2, 0.25) is 0 Å². The molecule has 0 aromatic heterocycles. The van der Waals surface area contributed by atoms with E-state index in [1.54, 1.807) is 0 Å². The smallest absolute Gasteiger partial charge is 0.314 e. The van der Waals surface area contributed by atoms with Crippen LogP contribution in [0.3, 0.4) is 0 Å². The summed E-state index contributed by atoms with van der Waals surface area (Å²) in [6, 6.07) is 0. The van der Waals surface area contributed by atoms with Crippen molar-refractivity contribution < 1.29 is 9.53 Å². The Hall–Kier alpha value is 0.160. The van der Waals surface area contributed by atoms with E-state index in [9.17, 15) is 4.79 Å². The molecule has 0 amide bonds. The van der Waals surface area contributed by atoms with Gasteiger partial charge >= 0.3 is 5.97 Å². The maximum absolute atomic E-state index is 10.9. The van der Waals surface area contributed by atoms with E-state index >= 15 is 0 Å². The van der Waals surface area contributed by atoms with Crippen molar-refractivity contribution in [3.8, 4) is 0 Å². The van der Waals surface area contributed by atoms with Gasteiger partial charge in [-0.1, -0.05) is 6.92 Å². The summed E-state index contributed by atoms with van der Waals surface area (Å²) in [5.74, 6) is 0.0715. The summed E-state index contributed by atoms with van der Waals surface area (Å²) >= 11 is 2.18. The Kier molecular flexibility index (Phi) is 3.12. The topological polar surface area (TPSA) is 29.5 Å². The van der Waals surface area contributed by atoms with E-state index in [0.29, 0.717) is 0 Å². The molecule has 0 saturated carbocycles. The van der Waals surface area contributed by atoms with Crippen molar-refractivity contribution >= 4 is 28.8 Å². The Balaban J connectivity index is 2.36. The molecule has 1 aliphatic heterocycles. The van der Waals surface area contributed by atoms with E-state index < -0.39 is 0 Å². The Morgan fingerprint density at radius 1 is 1.73 bits per heavy atom. The lowest BCUT2D eigenvalue weighted by atomic mass is 9.95. The molecular weight excluding hydrogens is 257 g/mol. The van der Waals surface area contributed by atoms with Crippen molar-refractivity contribution in [1.82, 2.24) is 3.11 Å². The van der Waals surface area contributed by atoms with Gasteiger partial charge in [0.15, 0.2) is 0 Å². The van der Waals surface area contributed by atoms with Gasteiger partial charge in [0.2, 0.25) is 0 Å². The molecule has 0 aromatic rings. The number of nitrogens with zero attached hydrogens (tertiary/aromatic N) is 1. The van der Waals surface area contributed by atoms with Crippen LogP contribution in [0.25, 0.3) is 0 Å². The average Bonchev–Trinajstić information content (AvgIpc) is 1.95. The Bertz CT molecular complexity index is 161. The summed E-state index contributed by atoms with van der Waals surface area (Å²) < 4.78 is 6.92. The standard InChI is InChI=1S/C7H12INO2/c1-3-6-5(4-9(2)8)7(10)11-6/h5-6H,3-4H2,1-2H3. The van der Waals surface area contributed by atoms with E-state index in [4.69, 9.17) is 4.74 Å².